The second-order valence-corrected chi connectivity index (χ2v) is 11.8. The van der Waals surface area contributed by atoms with Crippen LogP contribution in [-0.4, -0.2) is 23.8 Å². The number of carbonyl (C=O) groups excluding carboxylic acids is 1. The molecule has 0 bridgehead atoms. The molecule has 4 heteroatoms. The number of allylic oxidation sites excluding steroid dienone is 1. The molecule has 4 aliphatic carbocycles. The Kier molecular flexibility index (Phi) is 5.77. The number of Topliss-reactive ketones (excluding diaryl/α,β-unsaturated/α-hetero) is 1. The normalized spacial score (nSPS) is 42.0. The van der Waals surface area contributed by atoms with Crippen molar-refractivity contribution >= 4 is 5.78 Å². The highest BCUT2D eigenvalue weighted by atomic mass is 16.6. The maximum absolute atomic E-state index is 12.4. The SMILES string of the molecule is COc1ccc(CO[C@]2(O)CC[C@@]3(C)C(=CC[C@H]4[C@@H]5CC[C@H](C(C)=O)[C@@]5(C)CC[C@@H]43)C2)cc1. The lowest BCUT2D eigenvalue weighted by Gasteiger charge is -2.58. The third kappa shape index (κ3) is 3.78. The van der Waals surface area contributed by atoms with E-state index in [-0.39, 0.29) is 16.7 Å². The predicted molar refractivity (Wildman–Crippen MR) is 129 cm³/mol. The van der Waals surface area contributed by atoms with E-state index in [1.807, 2.05) is 24.3 Å². The minimum atomic E-state index is -1.09. The van der Waals surface area contributed by atoms with Crippen LogP contribution in [0.2, 0.25) is 0 Å². The van der Waals surface area contributed by atoms with E-state index in [0.29, 0.717) is 43.0 Å². The molecule has 180 valence electrons. The monoisotopic (exact) mass is 452 g/mol. The number of methoxy groups -OCH3 is 1. The Balaban J connectivity index is 1.30. The quantitative estimate of drug-likeness (QED) is 0.435. The minimum Gasteiger partial charge on any atom is -0.497 e. The molecule has 0 amide bonds. The molecule has 0 spiro atoms. The Labute approximate surface area is 198 Å². The maximum atomic E-state index is 12.4. The second-order valence-electron chi connectivity index (χ2n) is 11.8. The zero-order valence-corrected chi connectivity index (χ0v) is 20.7. The molecule has 7 atom stereocenters. The first kappa shape index (κ1) is 23.1. The molecule has 3 fully saturated rings. The van der Waals surface area contributed by atoms with Crippen LogP contribution in [0.4, 0.5) is 0 Å². The molecular formula is C29H40O4. The first-order valence-corrected chi connectivity index (χ1v) is 12.9. The molecule has 0 radical (unpaired) electrons. The fourth-order valence-corrected chi connectivity index (χ4v) is 8.35. The molecule has 4 aliphatic rings. The van der Waals surface area contributed by atoms with E-state index in [1.54, 1.807) is 14.0 Å². The Bertz CT molecular complexity index is 935. The van der Waals surface area contributed by atoms with Crippen LogP contribution in [0.3, 0.4) is 0 Å². The van der Waals surface area contributed by atoms with Crippen LogP contribution in [0.5, 0.6) is 5.75 Å². The van der Waals surface area contributed by atoms with Crippen LogP contribution in [0.1, 0.15) is 77.7 Å². The van der Waals surface area contributed by atoms with E-state index in [9.17, 15) is 9.90 Å². The Morgan fingerprint density at radius 2 is 1.82 bits per heavy atom. The van der Waals surface area contributed by atoms with E-state index in [1.165, 1.54) is 24.8 Å². The van der Waals surface area contributed by atoms with E-state index >= 15 is 0 Å². The van der Waals surface area contributed by atoms with Crippen molar-refractivity contribution in [2.75, 3.05) is 7.11 Å². The van der Waals surface area contributed by atoms with Gasteiger partial charge in [0.05, 0.1) is 13.7 Å². The largest absolute Gasteiger partial charge is 0.497 e. The lowest BCUT2D eigenvalue weighted by atomic mass is 9.47. The van der Waals surface area contributed by atoms with E-state index < -0.39 is 5.79 Å². The van der Waals surface area contributed by atoms with Crippen molar-refractivity contribution in [2.45, 2.75) is 84.5 Å². The third-order valence-electron chi connectivity index (χ3n) is 10.3. The molecule has 5 rings (SSSR count). The van der Waals surface area contributed by atoms with Crippen LogP contribution in [0, 0.1) is 34.5 Å². The summed E-state index contributed by atoms with van der Waals surface area (Å²) in [6, 6.07) is 7.85. The van der Waals surface area contributed by atoms with Gasteiger partial charge < -0.3 is 14.6 Å². The van der Waals surface area contributed by atoms with Crippen molar-refractivity contribution in [3.63, 3.8) is 0 Å². The zero-order chi connectivity index (χ0) is 23.4. The number of ether oxygens (including phenoxy) is 2. The van der Waals surface area contributed by atoms with Crippen molar-refractivity contribution in [3.05, 3.63) is 41.5 Å². The van der Waals surface area contributed by atoms with Crippen LogP contribution < -0.4 is 4.74 Å². The Morgan fingerprint density at radius 1 is 1.06 bits per heavy atom. The highest BCUT2D eigenvalue weighted by molar-refractivity contribution is 5.79. The topological polar surface area (TPSA) is 55.8 Å². The van der Waals surface area contributed by atoms with Gasteiger partial charge in [0.25, 0.3) is 0 Å². The predicted octanol–water partition coefficient (Wildman–Crippen LogP) is 6.07. The summed E-state index contributed by atoms with van der Waals surface area (Å²) < 4.78 is 11.4. The van der Waals surface area contributed by atoms with Gasteiger partial charge >= 0.3 is 0 Å². The summed E-state index contributed by atoms with van der Waals surface area (Å²) in [6.07, 6.45) is 10.5. The highest BCUT2D eigenvalue weighted by Crippen LogP contribution is 2.66. The number of aliphatic hydroxyl groups is 1. The van der Waals surface area contributed by atoms with Crippen LogP contribution in [-0.2, 0) is 16.1 Å². The molecule has 1 N–H and O–H groups in total. The number of fused-ring (bicyclic) bond motifs is 5. The lowest BCUT2D eigenvalue weighted by Crippen LogP contribution is -2.52. The molecule has 4 nitrogen and oxygen atoms in total. The van der Waals surface area contributed by atoms with Gasteiger partial charge in [-0.3, -0.25) is 4.79 Å². The molecule has 1 aromatic rings. The molecule has 0 aromatic heterocycles. The summed E-state index contributed by atoms with van der Waals surface area (Å²) in [7, 11) is 1.66. The van der Waals surface area contributed by atoms with Crippen LogP contribution >= 0.6 is 0 Å². The summed E-state index contributed by atoms with van der Waals surface area (Å²) in [5, 5.41) is 11.3. The summed E-state index contributed by atoms with van der Waals surface area (Å²) in [4.78, 5) is 12.4. The smallest absolute Gasteiger partial charge is 0.169 e. The van der Waals surface area contributed by atoms with Crippen molar-refractivity contribution < 1.29 is 19.4 Å². The first-order chi connectivity index (χ1) is 15.7. The van der Waals surface area contributed by atoms with Gasteiger partial charge in [0.1, 0.15) is 11.5 Å². The standard InChI is InChI=1S/C29H40O4/c1-19(30)24-11-12-25-23-10-7-21-17-29(31,33-18-20-5-8-22(32-4)9-6-20)16-15-27(21,2)26(23)13-14-28(24,25)3/h5-9,23-26,31H,10-18H2,1-4H3/t23-,24+,25-,26-,27-,28+,29+/m0/s1. The van der Waals surface area contributed by atoms with Gasteiger partial charge in [0.2, 0.25) is 0 Å². The summed E-state index contributed by atoms with van der Waals surface area (Å²) in [6.45, 7) is 7.06. The maximum Gasteiger partial charge on any atom is 0.169 e. The third-order valence-corrected chi connectivity index (χ3v) is 10.3. The molecule has 0 saturated heterocycles. The Morgan fingerprint density at radius 3 is 2.52 bits per heavy atom. The van der Waals surface area contributed by atoms with Crippen molar-refractivity contribution in [3.8, 4) is 5.75 Å². The van der Waals surface area contributed by atoms with Gasteiger partial charge in [0.15, 0.2) is 5.79 Å². The van der Waals surface area contributed by atoms with Gasteiger partial charge in [-0.25, -0.2) is 0 Å². The molecule has 33 heavy (non-hydrogen) atoms. The molecule has 1 aromatic carbocycles. The number of hydrogen-bond donors (Lipinski definition) is 1. The summed E-state index contributed by atoms with van der Waals surface area (Å²) >= 11 is 0. The summed E-state index contributed by atoms with van der Waals surface area (Å²) in [5.41, 5.74) is 2.78. The second kappa shape index (κ2) is 8.23. The molecule has 0 heterocycles. The summed E-state index contributed by atoms with van der Waals surface area (Å²) in [5.74, 6) is 2.38. The lowest BCUT2D eigenvalue weighted by molar-refractivity contribution is -0.231. The van der Waals surface area contributed by atoms with Crippen molar-refractivity contribution in [2.24, 2.45) is 34.5 Å². The average Bonchev–Trinajstić information content (AvgIpc) is 3.16. The van der Waals surface area contributed by atoms with Crippen molar-refractivity contribution in [1.82, 2.24) is 0 Å². The molecule has 3 saturated carbocycles. The van der Waals surface area contributed by atoms with Crippen LogP contribution in [0.25, 0.3) is 0 Å². The van der Waals surface area contributed by atoms with Crippen molar-refractivity contribution in [1.29, 1.82) is 0 Å². The number of rotatable bonds is 5. The van der Waals surface area contributed by atoms with Crippen LogP contribution in [0.15, 0.2) is 35.9 Å². The van der Waals surface area contributed by atoms with Gasteiger partial charge in [-0.05, 0) is 91.7 Å². The van der Waals surface area contributed by atoms with Gasteiger partial charge in [-0.2, -0.15) is 0 Å². The first-order valence-electron chi connectivity index (χ1n) is 12.9. The van der Waals surface area contributed by atoms with Gasteiger partial charge in [-0.1, -0.05) is 37.6 Å². The average molecular weight is 453 g/mol. The molecule has 0 unspecified atom stereocenters. The fourth-order valence-electron chi connectivity index (χ4n) is 8.35. The number of carbonyl (C=O) groups is 1. The fraction of sp³-hybridized carbons (Fsp3) is 0.690. The van der Waals surface area contributed by atoms with Gasteiger partial charge in [-0.15, -0.1) is 0 Å². The minimum absolute atomic E-state index is 0.147. The highest BCUT2D eigenvalue weighted by Gasteiger charge is 2.60. The zero-order valence-electron chi connectivity index (χ0n) is 20.7. The number of hydrogen-bond acceptors (Lipinski definition) is 4. The van der Waals surface area contributed by atoms with E-state index in [0.717, 1.165) is 30.6 Å². The number of ketones is 1. The van der Waals surface area contributed by atoms with E-state index in [2.05, 4.69) is 19.9 Å². The molecular weight excluding hydrogens is 412 g/mol. The number of benzene rings is 1. The van der Waals surface area contributed by atoms with E-state index in [4.69, 9.17) is 9.47 Å². The Hall–Kier alpha value is -1.65. The molecule has 0 aliphatic heterocycles. The van der Waals surface area contributed by atoms with Gasteiger partial charge in [0, 0.05) is 18.8 Å².